The molecule has 1 saturated heterocycles. The van der Waals surface area contributed by atoms with Crippen LogP contribution in [0.5, 0.6) is 5.75 Å². The number of methoxy groups -OCH3 is 1. The Morgan fingerprint density at radius 2 is 1.93 bits per heavy atom. The summed E-state index contributed by atoms with van der Waals surface area (Å²) in [6.45, 7) is 3.92. The van der Waals surface area contributed by atoms with Crippen molar-refractivity contribution in [3.63, 3.8) is 0 Å². The van der Waals surface area contributed by atoms with Gasteiger partial charge in [-0.15, -0.1) is 11.8 Å². The van der Waals surface area contributed by atoms with Gasteiger partial charge in [0.25, 0.3) is 0 Å². The first-order valence-electron chi connectivity index (χ1n) is 9.88. The van der Waals surface area contributed by atoms with Crippen LogP contribution in [0.25, 0.3) is 22.0 Å². The number of aliphatic hydroxyl groups excluding tert-OH is 1. The molecule has 4 rings (SSSR count). The lowest BCUT2D eigenvalue weighted by atomic mass is 10.0. The van der Waals surface area contributed by atoms with Gasteiger partial charge in [0.15, 0.2) is 0 Å². The highest BCUT2D eigenvalue weighted by molar-refractivity contribution is 7.99. The van der Waals surface area contributed by atoms with Gasteiger partial charge >= 0.3 is 0 Å². The molecule has 1 unspecified atom stereocenters. The van der Waals surface area contributed by atoms with Crippen LogP contribution >= 0.6 is 11.8 Å². The zero-order chi connectivity index (χ0) is 20.1. The average Bonchev–Trinajstić information content (AvgIpc) is 2.78. The summed E-state index contributed by atoms with van der Waals surface area (Å²) in [5.41, 5.74) is 3.19. The van der Waals surface area contributed by atoms with E-state index >= 15 is 0 Å². The Labute approximate surface area is 175 Å². The number of aliphatic hydroxyl groups is 1. The summed E-state index contributed by atoms with van der Waals surface area (Å²) in [5.74, 6) is 1.40. The number of fused-ring (bicyclic) bond motifs is 1. The summed E-state index contributed by atoms with van der Waals surface area (Å²) in [6, 6.07) is 18.5. The molecule has 0 saturated carbocycles. The van der Waals surface area contributed by atoms with Crippen molar-refractivity contribution in [1.29, 1.82) is 0 Å². The van der Waals surface area contributed by atoms with E-state index in [0.717, 1.165) is 59.1 Å². The second kappa shape index (κ2) is 9.59. The van der Waals surface area contributed by atoms with Gasteiger partial charge in [-0.1, -0.05) is 30.3 Å². The van der Waals surface area contributed by atoms with Gasteiger partial charge in [-0.25, -0.2) is 4.98 Å². The number of aromatic nitrogens is 1. The standard InChI is InChI=1S/C23H26N2O3S/c1-27-19-7-8-20-21(17-5-3-2-4-6-17)14-23(24-22(20)13-19)29-16-18(26)15-25-9-11-28-12-10-25/h2-8,13-14,18,26H,9-12,15-16H2,1H3. The van der Waals surface area contributed by atoms with Crippen molar-refractivity contribution in [2.45, 2.75) is 11.1 Å². The molecule has 1 fully saturated rings. The maximum Gasteiger partial charge on any atom is 0.121 e. The molecule has 1 N–H and O–H groups in total. The Bertz CT molecular complexity index is 946. The van der Waals surface area contributed by atoms with Gasteiger partial charge in [-0.05, 0) is 29.3 Å². The first-order chi connectivity index (χ1) is 14.2. The molecule has 0 amide bonds. The molecule has 152 valence electrons. The summed E-state index contributed by atoms with van der Waals surface area (Å²) < 4.78 is 10.8. The quantitative estimate of drug-likeness (QED) is 0.600. The van der Waals surface area contributed by atoms with Crippen LogP contribution in [-0.2, 0) is 4.74 Å². The highest BCUT2D eigenvalue weighted by Gasteiger charge is 2.16. The molecule has 5 nitrogen and oxygen atoms in total. The van der Waals surface area contributed by atoms with Crippen LogP contribution in [0.3, 0.4) is 0 Å². The van der Waals surface area contributed by atoms with Crippen molar-refractivity contribution in [2.75, 3.05) is 45.7 Å². The lowest BCUT2D eigenvalue weighted by molar-refractivity contribution is 0.0188. The second-order valence-corrected chi connectivity index (χ2v) is 8.18. The van der Waals surface area contributed by atoms with Crippen LogP contribution in [0.4, 0.5) is 0 Å². The summed E-state index contributed by atoms with van der Waals surface area (Å²) in [7, 11) is 1.67. The molecule has 3 aromatic rings. The van der Waals surface area contributed by atoms with E-state index in [1.165, 1.54) is 0 Å². The van der Waals surface area contributed by atoms with E-state index in [0.29, 0.717) is 12.3 Å². The first kappa shape index (κ1) is 20.2. The molecular formula is C23H26N2O3S. The van der Waals surface area contributed by atoms with Gasteiger partial charge in [0.2, 0.25) is 0 Å². The smallest absolute Gasteiger partial charge is 0.121 e. The molecular weight excluding hydrogens is 384 g/mol. The number of hydrogen-bond acceptors (Lipinski definition) is 6. The number of hydrogen-bond donors (Lipinski definition) is 1. The van der Waals surface area contributed by atoms with Crippen molar-refractivity contribution in [1.82, 2.24) is 9.88 Å². The van der Waals surface area contributed by atoms with Crippen LogP contribution in [0.2, 0.25) is 0 Å². The van der Waals surface area contributed by atoms with Gasteiger partial charge in [-0.3, -0.25) is 4.90 Å². The number of morpholine rings is 1. The van der Waals surface area contributed by atoms with Crippen LogP contribution in [0, 0.1) is 0 Å². The SMILES string of the molecule is COc1ccc2c(-c3ccccc3)cc(SCC(O)CN3CCOCC3)nc2c1. The number of pyridine rings is 1. The molecule has 0 bridgehead atoms. The number of thioether (sulfide) groups is 1. The maximum atomic E-state index is 10.5. The van der Waals surface area contributed by atoms with Crippen molar-refractivity contribution in [3.05, 3.63) is 54.6 Å². The summed E-state index contributed by atoms with van der Waals surface area (Å²) in [6.07, 6.45) is -0.402. The van der Waals surface area contributed by atoms with E-state index in [2.05, 4.69) is 29.2 Å². The van der Waals surface area contributed by atoms with Crippen LogP contribution < -0.4 is 4.74 Å². The third-order valence-electron chi connectivity index (χ3n) is 5.07. The van der Waals surface area contributed by atoms with Crippen molar-refractivity contribution in [3.8, 4) is 16.9 Å². The third kappa shape index (κ3) is 5.08. The summed E-state index contributed by atoms with van der Waals surface area (Å²) in [4.78, 5) is 7.08. The van der Waals surface area contributed by atoms with Crippen molar-refractivity contribution < 1.29 is 14.6 Å². The second-order valence-electron chi connectivity index (χ2n) is 7.13. The van der Waals surface area contributed by atoms with E-state index in [9.17, 15) is 5.11 Å². The highest BCUT2D eigenvalue weighted by atomic mass is 32.2. The van der Waals surface area contributed by atoms with E-state index < -0.39 is 6.10 Å². The maximum absolute atomic E-state index is 10.5. The largest absolute Gasteiger partial charge is 0.497 e. The van der Waals surface area contributed by atoms with E-state index in [4.69, 9.17) is 14.5 Å². The molecule has 2 heterocycles. The van der Waals surface area contributed by atoms with Crippen molar-refractivity contribution >= 4 is 22.7 Å². The number of benzene rings is 2. The zero-order valence-corrected chi connectivity index (χ0v) is 17.4. The number of β-amino-alcohol motifs (C(OH)–C–C–N with tert-alkyl or cyclic N) is 1. The van der Waals surface area contributed by atoms with Gasteiger partial charge in [0, 0.05) is 36.8 Å². The van der Waals surface area contributed by atoms with Crippen LogP contribution in [0.15, 0.2) is 59.6 Å². The third-order valence-corrected chi connectivity index (χ3v) is 6.13. The van der Waals surface area contributed by atoms with Crippen LogP contribution in [0.1, 0.15) is 0 Å². The number of ether oxygens (including phenoxy) is 2. The first-order valence-corrected chi connectivity index (χ1v) is 10.9. The van der Waals surface area contributed by atoms with Gasteiger partial charge < -0.3 is 14.6 Å². The molecule has 0 radical (unpaired) electrons. The lowest BCUT2D eigenvalue weighted by Gasteiger charge is -2.28. The molecule has 1 aliphatic heterocycles. The van der Waals surface area contributed by atoms with Crippen molar-refractivity contribution in [2.24, 2.45) is 0 Å². The van der Waals surface area contributed by atoms with E-state index in [1.807, 2.05) is 30.3 Å². The topological polar surface area (TPSA) is 54.8 Å². The Morgan fingerprint density at radius 3 is 2.69 bits per heavy atom. The van der Waals surface area contributed by atoms with Crippen LogP contribution in [-0.4, -0.2) is 66.8 Å². The lowest BCUT2D eigenvalue weighted by Crippen LogP contribution is -2.41. The normalized spacial score (nSPS) is 16.1. The monoisotopic (exact) mass is 410 g/mol. The minimum absolute atomic E-state index is 0.402. The molecule has 0 aliphatic carbocycles. The molecule has 0 spiro atoms. The fourth-order valence-corrected chi connectivity index (χ4v) is 4.39. The van der Waals surface area contributed by atoms with Gasteiger partial charge in [-0.2, -0.15) is 0 Å². The fraction of sp³-hybridized carbons (Fsp3) is 0.348. The Kier molecular flexibility index (Phi) is 6.67. The number of nitrogens with zero attached hydrogens (tertiary/aromatic N) is 2. The predicted molar refractivity (Wildman–Crippen MR) is 118 cm³/mol. The molecule has 1 aromatic heterocycles. The minimum atomic E-state index is -0.402. The molecule has 2 aromatic carbocycles. The molecule has 1 atom stereocenters. The molecule has 29 heavy (non-hydrogen) atoms. The average molecular weight is 411 g/mol. The zero-order valence-electron chi connectivity index (χ0n) is 16.6. The molecule has 1 aliphatic rings. The Hall–Kier alpha value is -2.12. The fourth-order valence-electron chi connectivity index (χ4n) is 3.56. The summed E-state index contributed by atoms with van der Waals surface area (Å²) >= 11 is 1.59. The minimum Gasteiger partial charge on any atom is -0.497 e. The molecule has 6 heteroatoms. The van der Waals surface area contributed by atoms with E-state index in [-0.39, 0.29) is 0 Å². The predicted octanol–water partition coefficient (Wildman–Crippen LogP) is 3.70. The number of rotatable bonds is 7. The Balaban J connectivity index is 1.56. The van der Waals surface area contributed by atoms with Gasteiger partial charge in [0.1, 0.15) is 5.75 Å². The Morgan fingerprint density at radius 1 is 1.14 bits per heavy atom. The summed E-state index contributed by atoms with van der Waals surface area (Å²) in [5, 5.41) is 12.5. The van der Waals surface area contributed by atoms with Gasteiger partial charge in [0.05, 0.1) is 37.0 Å². The van der Waals surface area contributed by atoms with E-state index in [1.54, 1.807) is 18.9 Å². The highest BCUT2D eigenvalue weighted by Crippen LogP contribution is 2.33.